The van der Waals surface area contributed by atoms with Gasteiger partial charge in [-0.25, -0.2) is 4.98 Å². The molecule has 7 heteroatoms. The zero-order valence-electron chi connectivity index (χ0n) is 11.2. The van der Waals surface area contributed by atoms with Crippen molar-refractivity contribution in [2.24, 2.45) is 16.3 Å². The SMILES string of the molecule is CCC(CC)(C(=O)NCCc1cscn1)C(N)=NO. The van der Waals surface area contributed by atoms with Crippen LogP contribution in [0, 0.1) is 5.41 Å². The average Bonchev–Trinajstić information content (AvgIpc) is 2.93. The summed E-state index contributed by atoms with van der Waals surface area (Å²) < 4.78 is 0. The molecule has 1 aromatic heterocycles. The molecule has 1 aromatic rings. The van der Waals surface area contributed by atoms with Crippen molar-refractivity contribution in [2.75, 3.05) is 6.54 Å². The molecule has 0 saturated heterocycles. The van der Waals surface area contributed by atoms with Crippen molar-refractivity contribution >= 4 is 23.1 Å². The molecule has 0 bridgehead atoms. The first kappa shape index (κ1) is 15.4. The Morgan fingerprint density at radius 1 is 1.58 bits per heavy atom. The lowest BCUT2D eigenvalue weighted by Crippen LogP contribution is -2.49. The fourth-order valence-electron chi connectivity index (χ4n) is 1.98. The number of nitrogens with one attached hydrogen (secondary N) is 1. The number of nitrogens with zero attached hydrogens (tertiary/aromatic N) is 2. The summed E-state index contributed by atoms with van der Waals surface area (Å²) in [6.07, 6.45) is 1.65. The number of amidine groups is 1. The minimum absolute atomic E-state index is 0.0383. The van der Waals surface area contributed by atoms with Crippen LogP contribution in [0.15, 0.2) is 16.0 Å². The summed E-state index contributed by atoms with van der Waals surface area (Å²) >= 11 is 1.53. The molecule has 4 N–H and O–H groups in total. The third kappa shape index (κ3) is 3.44. The van der Waals surface area contributed by atoms with Gasteiger partial charge in [0, 0.05) is 18.3 Å². The lowest BCUT2D eigenvalue weighted by atomic mass is 9.80. The molecule has 1 heterocycles. The van der Waals surface area contributed by atoms with Gasteiger partial charge in [0.05, 0.1) is 11.2 Å². The normalized spacial score (nSPS) is 12.4. The minimum Gasteiger partial charge on any atom is -0.409 e. The number of hydrogen-bond donors (Lipinski definition) is 3. The van der Waals surface area contributed by atoms with Crippen LogP contribution >= 0.6 is 11.3 Å². The summed E-state index contributed by atoms with van der Waals surface area (Å²) in [6, 6.07) is 0. The van der Waals surface area contributed by atoms with Crippen molar-refractivity contribution in [3.63, 3.8) is 0 Å². The Hall–Kier alpha value is -1.63. The van der Waals surface area contributed by atoms with Crippen LogP contribution in [0.25, 0.3) is 0 Å². The second kappa shape index (κ2) is 7.08. The third-order valence-corrected chi connectivity index (χ3v) is 4.03. The van der Waals surface area contributed by atoms with E-state index in [-0.39, 0.29) is 11.7 Å². The summed E-state index contributed by atoms with van der Waals surface area (Å²) in [4.78, 5) is 16.4. The molecule has 1 amide bonds. The number of carbonyl (C=O) groups excluding carboxylic acids is 1. The van der Waals surface area contributed by atoms with Gasteiger partial charge < -0.3 is 16.3 Å². The highest BCUT2D eigenvalue weighted by atomic mass is 32.1. The van der Waals surface area contributed by atoms with Crippen molar-refractivity contribution in [3.05, 3.63) is 16.6 Å². The maximum absolute atomic E-state index is 12.3. The lowest BCUT2D eigenvalue weighted by Gasteiger charge is -2.28. The van der Waals surface area contributed by atoms with E-state index in [1.807, 2.05) is 19.2 Å². The fourth-order valence-corrected chi connectivity index (χ4v) is 2.57. The first-order chi connectivity index (χ1) is 9.10. The standard InChI is InChI=1S/C12H20N4O2S/c1-3-12(4-2,10(13)16-18)11(17)14-6-5-9-7-19-8-15-9/h7-8,18H,3-6H2,1-2H3,(H2,13,16)(H,14,17). The third-order valence-electron chi connectivity index (χ3n) is 3.39. The molecule has 0 aliphatic heterocycles. The second-order valence-electron chi connectivity index (χ2n) is 4.26. The molecule has 0 aliphatic rings. The van der Waals surface area contributed by atoms with Gasteiger partial charge in [0.2, 0.25) is 5.91 Å². The highest BCUT2D eigenvalue weighted by Crippen LogP contribution is 2.26. The van der Waals surface area contributed by atoms with Crippen LogP contribution in [0.2, 0.25) is 0 Å². The van der Waals surface area contributed by atoms with Crippen LogP contribution in [0.4, 0.5) is 0 Å². The Kier molecular flexibility index (Phi) is 5.75. The number of rotatable bonds is 7. The molecule has 0 radical (unpaired) electrons. The minimum atomic E-state index is -0.934. The first-order valence-electron chi connectivity index (χ1n) is 6.24. The Morgan fingerprint density at radius 3 is 2.74 bits per heavy atom. The summed E-state index contributed by atoms with van der Waals surface area (Å²) in [7, 11) is 0. The number of amides is 1. The van der Waals surface area contributed by atoms with Gasteiger partial charge in [-0.2, -0.15) is 0 Å². The topological polar surface area (TPSA) is 101 Å². The van der Waals surface area contributed by atoms with Gasteiger partial charge in [-0.05, 0) is 12.8 Å². The molecule has 0 aliphatic carbocycles. The number of aromatic nitrogens is 1. The van der Waals surface area contributed by atoms with Gasteiger partial charge in [-0.3, -0.25) is 4.79 Å². The Labute approximate surface area is 116 Å². The van der Waals surface area contributed by atoms with Crippen LogP contribution in [-0.4, -0.2) is 28.5 Å². The second-order valence-corrected chi connectivity index (χ2v) is 4.98. The van der Waals surface area contributed by atoms with Crippen molar-refractivity contribution < 1.29 is 10.0 Å². The molecule has 0 atom stereocenters. The van der Waals surface area contributed by atoms with Crippen molar-refractivity contribution in [1.29, 1.82) is 0 Å². The maximum Gasteiger partial charge on any atom is 0.233 e. The molecule has 0 aromatic carbocycles. The van der Waals surface area contributed by atoms with Crippen molar-refractivity contribution in [2.45, 2.75) is 33.1 Å². The number of nitrogens with two attached hydrogens (primary N) is 1. The molecule has 0 unspecified atom stereocenters. The van der Waals surface area contributed by atoms with Crippen LogP contribution < -0.4 is 11.1 Å². The molecular weight excluding hydrogens is 264 g/mol. The van der Waals surface area contributed by atoms with E-state index >= 15 is 0 Å². The molecular formula is C12H20N4O2S. The van der Waals surface area contributed by atoms with Crippen molar-refractivity contribution in [1.82, 2.24) is 10.3 Å². The summed E-state index contributed by atoms with van der Waals surface area (Å²) in [5.74, 6) is -0.244. The number of hydrogen-bond acceptors (Lipinski definition) is 5. The number of oxime groups is 1. The highest BCUT2D eigenvalue weighted by Gasteiger charge is 2.39. The van der Waals surface area contributed by atoms with E-state index in [1.54, 1.807) is 5.51 Å². The fraction of sp³-hybridized carbons (Fsp3) is 0.583. The smallest absolute Gasteiger partial charge is 0.233 e. The molecule has 19 heavy (non-hydrogen) atoms. The Bertz CT molecular complexity index is 427. The van der Waals surface area contributed by atoms with Gasteiger partial charge in [0.1, 0.15) is 5.41 Å². The van der Waals surface area contributed by atoms with E-state index in [4.69, 9.17) is 10.9 Å². The zero-order valence-corrected chi connectivity index (χ0v) is 12.0. The monoisotopic (exact) mass is 284 g/mol. The molecule has 0 fully saturated rings. The Balaban J connectivity index is 2.63. The molecule has 0 spiro atoms. The molecule has 0 saturated carbocycles. The summed E-state index contributed by atoms with van der Waals surface area (Å²) in [5.41, 5.74) is 7.45. The van der Waals surface area contributed by atoms with E-state index < -0.39 is 5.41 Å². The Morgan fingerprint density at radius 2 is 2.26 bits per heavy atom. The van der Waals surface area contributed by atoms with Gasteiger partial charge in [-0.15, -0.1) is 11.3 Å². The van der Waals surface area contributed by atoms with E-state index in [0.717, 1.165) is 5.69 Å². The number of thiazole rings is 1. The predicted octanol–water partition coefficient (Wildman–Crippen LogP) is 1.35. The van der Waals surface area contributed by atoms with E-state index in [0.29, 0.717) is 25.8 Å². The largest absolute Gasteiger partial charge is 0.409 e. The molecule has 6 nitrogen and oxygen atoms in total. The number of carbonyl (C=O) groups is 1. The summed E-state index contributed by atoms with van der Waals surface area (Å²) in [5, 5.41) is 16.6. The zero-order chi connectivity index (χ0) is 14.3. The van der Waals surface area contributed by atoms with Crippen LogP contribution in [0.1, 0.15) is 32.4 Å². The highest BCUT2D eigenvalue weighted by molar-refractivity contribution is 7.07. The van der Waals surface area contributed by atoms with Crippen LogP contribution in [0.3, 0.4) is 0 Å². The van der Waals surface area contributed by atoms with Gasteiger partial charge in [0.15, 0.2) is 5.84 Å². The van der Waals surface area contributed by atoms with Gasteiger partial charge >= 0.3 is 0 Å². The van der Waals surface area contributed by atoms with E-state index in [9.17, 15) is 4.79 Å². The van der Waals surface area contributed by atoms with E-state index in [1.165, 1.54) is 11.3 Å². The predicted molar refractivity (Wildman–Crippen MR) is 75.3 cm³/mol. The van der Waals surface area contributed by atoms with Crippen LogP contribution in [-0.2, 0) is 11.2 Å². The van der Waals surface area contributed by atoms with Crippen LogP contribution in [0.5, 0.6) is 0 Å². The van der Waals surface area contributed by atoms with Crippen molar-refractivity contribution in [3.8, 4) is 0 Å². The maximum atomic E-state index is 12.3. The lowest BCUT2D eigenvalue weighted by molar-refractivity contribution is -0.127. The molecule has 1 rings (SSSR count). The summed E-state index contributed by atoms with van der Waals surface area (Å²) in [6.45, 7) is 4.19. The quantitative estimate of drug-likeness (QED) is 0.304. The van der Waals surface area contributed by atoms with Gasteiger partial charge in [0.25, 0.3) is 0 Å². The first-order valence-corrected chi connectivity index (χ1v) is 7.18. The van der Waals surface area contributed by atoms with Gasteiger partial charge in [-0.1, -0.05) is 19.0 Å². The van der Waals surface area contributed by atoms with E-state index in [2.05, 4.69) is 15.5 Å². The average molecular weight is 284 g/mol. The molecule has 106 valence electrons.